The Morgan fingerprint density at radius 2 is 1.85 bits per heavy atom. The molecule has 0 unspecified atom stereocenters. The Labute approximate surface area is 160 Å². The number of hydrogen-bond acceptors (Lipinski definition) is 4. The molecule has 0 atom stereocenters. The highest BCUT2D eigenvalue weighted by molar-refractivity contribution is 7.89. The molecule has 6 nitrogen and oxygen atoms in total. The third kappa shape index (κ3) is 3.99. The second-order valence-electron chi connectivity index (χ2n) is 6.71. The number of rotatable bonds is 6. The minimum Gasteiger partial charge on any atom is -0.497 e. The van der Waals surface area contributed by atoms with Gasteiger partial charge in [0.25, 0.3) is 0 Å². The Morgan fingerprint density at radius 1 is 1.15 bits per heavy atom. The van der Waals surface area contributed by atoms with Gasteiger partial charge in [0.05, 0.1) is 12.0 Å². The molecule has 0 aliphatic carbocycles. The number of amides is 1. The Balaban J connectivity index is 1.81. The number of hydrogen-bond donors (Lipinski definition) is 0. The van der Waals surface area contributed by atoms with E-state index in [-0.39, 0.29) is 17.3 Å². The molecule has 1 aliphatic rings. The van der Waals surface area contributed by atoms with Gasteiger partial charge in [0.15, 0.2) is 0 Å². The van der Waals surface area contributed by atoms with E-state index < -0.39 is 10.0 Å². The van der Waals surface area contributed by atoms with E-state index in [1.807, 2.05) is 24.3 Å². The van der Waals surface area contributed by atoms with Crippen LogP contribution in [-0.4, -0.2) is 39.3 Å². The maximum absolute atomic E-state index is 13.0. The molecule has 144 valence electrons. The first-order valence-corrected chi connectivity index (χ1v) is 10.3. The van der Waals surface area contributed by atoms with Crippen LogP contribution < -0.4 is 9.64 Å². The average molecular weight is 388 g/mol. The molecule has 0 bridgehead atoms. The first-order valence-electron chi connectivity index (χ1n) is 8.83. The predicted octanol–water partition coefficient (Wildman–Crippen LogP) is 2.95. The number of anilines is 1. The van der Waals surface area contributed by atoms with E-state index in [4.69, 9.17) is 4.74 Å². The summed E-state index contributed by atoms with van der Waals surface area (Å²) >= 11 is 0. The summed E-state index contributed by atoms with van der Waals surface area (Å²) in [6.45, 7) is 2.71. The van der Waals surface area contributed by atoms with Crippen LogP contribution >= 0.6 is 0 Å². The van der Waals surface area contributed by atoms with E-state index in [0.29, 0.717) is 18.5 Å². The van der Waals surface area contributed by atoms with Gasteiger partial charge in [-0.2, -0.15) is 4.31 Å². The summed E-state index contributed by atoms with van der Waals surface area (Å²) < 4.78 is 32.5. The van der Waals surface area contributed by atoms with Gasteiger partial charge < -0.3 is 9.64 Å². The molecule has 2 aromatic rings. The van der Waals surface area contributed by atoms with Crippen molar-refractivity contribution < 1.29 is 17.9 Å². The Bertz CT molecular complexity index is 939. The van der Waals surface area contributed by atoms with E-state index >= 15 is 0 Å². The third-order valence-corrected chi connectivity index (χ3v) is 6.76. The molecule has 1 amide bonds. The number of benzene rings is 2. The van der Waals surface area contributed by atoms with E-state index in [1.54, 1.807) is 44.2 Å². The fraction of sp³-hybridized carbons (Fsp3) is 0.350. The van der Waals surface area contributed by atoms with Gasteiger partial charge in [0, 0.05) is 32.2 Å². The van der Waals surface area contributed by atoms with Crippen LogP contribution in [-0.2, 0) is 21.4 Å². The highest BCUT2D eigenvalue weighted by atomic mass is 32.2. The summed E-state index contributed by atoms with van der Waals surface area (Å²) in [4.78, 5) is 13.9. The van der Waals surface area contributed by atoms with Gasteiger partial charge >= 0.3 is 0 Å². The monoisotopic (exact) mass is 388 g/mol. The molecule has 27 heavy (non-hydrogen) atoms. The summed E-state index contributed by atoms with van der Waals surface area (Å²) in [5.74, 6) is 0.814. The SMILES string of the molecule is COc1ccc(CN(C)S(=O)(=O)c2ccc(N3CCCC3=O)cc2C)cc1. The predicted molar refractivity (Wildman–Crippen MR) is 104 cm³/mol. The highest BCUT2D eigenvalue weighted by Crippen LogP contribution is 2.28. The van der Waals surface area contributed by atoms with Crippen molar-refractivity contribution >= 4 is 21.6 Å². The second kappa shape index (κ2) is 7.70. The molecule has 3 rings (SSSR count). The minimum absolute atomic E-state index is 0.0848. The summed E-state index contributed by atoms with van der Waals surface area (Å²) in [5, 5.41) is 0. The number of sulfonamides is 1. The Morgan fingerprint density at radius 3 is 2.41 bits per heavy atom. The van der Waals surface area contributed by atoms with Crippen molar-refractivity contribution in [1.82, 2.24) is 4.31 Å². The maximum Gasteiger partial charge on any atom is 0.243 e. The Kier molecular flexibility index (Phi) is 5.53. The molecule has 0 saturated carbocycles. The van der Waals surface area contributed by atoms with Gasteiger partial charge in [-0.1, -0.05) is 12.1 Å². The van der Waals surface area contributed by atoms with Gasteiger partial charge in [0.2, 0.25) is 15.9 Å². The molecule has 0 radical (unpaired) electrons. The van der Waals surface area contributed by atoms with Crippen molar-refractivity contribution in [1.29, 1.82) is 0 Å². The zero-order valence-electron chi connectivity index (χ0n) is 15.8. The van der Waals surface area contributed by atoms with Crippen molar-refractivity contribution in [2.75, 3.05) is 25.6 Å². The molecule has 0 aromatic heterocycles. The van der Waals surface area contributed by atoms with Crippen LogP contribution in [0, 0.1) is 6.92 Å². The van der Waals surface area contributed by atoms with Crippen LogP contribution in [0.3, 0.4) is 0 Å². The summed E-state index contributed by atoms with van der Waals surface area (Å²) in [7, 11) is -0.481. The lowest BCUT2D eigenvalue weighted by Gasteiger charge is -2.21. The van der Waals surface area contributed by atoms with E-state index in [9.17, 15) is 13.2 Å². The van der Waals surface area contributed by atoms with Crippen molar-refractivity contribution in [3.8, 4) is 5.75 Å². The largest absolute Gasteiger partial charge is 0.497 e. The molecule has 1 aliphatic heterocycles. The number of aryl methyl sites for hydroxylation is 1. The lowest BCUT2D eigenvalue weighted by atomic mass is 10.2. The summed E-state index contributed by atoms with van der Waals surface area (Å²) in [6, 6.07) is 12.4. The first-order chi connectivity index (χ1) is 12.8. The van der Waals surface area contributed by atoms with Gasteiger partial charge in [-0.25, -0.2) is 8.42 Å². The molecule has 0 N–H and O–H groups in total. The topological polar surface area (TPSA) is 66.9 Å². The standard InChI is InChI=1S/C20H24N2O4S/c1-15-13-17(22-12-4-5-20(22)23)8-11-19(15)27(24,25)21(2)14-16-6-9-18(26-3)10-7-16/h6-11,13H,4-5,12,14H2,1-3H3. The lowest BCUT2D eigenvalue weighted by Crippen LogP contribution is -2.28. The molecular formula is C20H24N2O4S. The second-order valence-corrected chi connectivity index (χ2v) is 8.72. The number of nitrogens with zero attached hydrogens (tertiary/aromatic N) is 2. The number of ether oxygens (including phenoxy) is 1. The number of carbonyl (C=O) groups is 1. The van der Waals surface area contributed by atoms with Gasteiger partial charge in [-0.05, 0) is 54.8 Å². The summed E-state index contributed by atoms with van der Waals surface area (Å²) in [6.07, 6.45) is 1.38. The van der Waals surface area contributed by atoms with Crippen LogP contribution in [0.15, 0.2) is 47.4 Å². The number of carbonyl (C=O) groups excluding carboxylic acids is 1. The zero-order valence-corrected chi connectivity index (χ0v) is 16.6. The average Bonchev–Trinajstić information content (AvgIpc) is 3.08. The third-order valence-electron chi connectivity index (χ3n) is 4.80. The fourth-order valence-corrected chi connectivity index (χ4v) is 4.61. The van der Waals surface area contributed by atoms with Crippen molar-refractivity contribution in [2.24, 2.45) is 0 Å². The highest BCUT2D eigenvalue weighted by Gasteiger charge is 2.26. The smallest absolute Gasteiger partial charge is 0.243 e. The number of methoxy groups -OCH3 is 1. The van der Waals surface area contributed by atoms with E-state index in [1.165, 1.54) is 4.31 Å². The van der Waals surface area contributed by atoms with Crippen LogP contribution in [0.4, 0.5) is 5.69 Å². The summed E-state index contributed by atoms with van der Waals surface area (Å²) in [5.41, 5.74) is 2.26. The fourth-order valence-electron chi connectivity index (χ4n) is 3.25. The zero-order chi connectivity index (χ0) is 19.6. The molecule has 1 saturated heterocycles. The van der Waals surface area contributed by atoms with Gasteiger partial charge in [-0.15, -0.1) is 0 Å². The molecule has 2 aromatic carbocycles. The van der Waals surface area contributed by atoms with Crippen LogP contribution in [0.5, 0.6) is 5.75 Å². The van der Waals surface area contributed by atoms with E-state index in [2.05, 4.69) is 0 Å². The Hall–Kier alpha value is -2.38. The minimum atomic E-state index is -3.64. The van der Waals surface area contributed by atoms with Crippen LogP contribution in [0.25, 0.3) is 0 Å². The van der Waals surface area contributed by atoms with Gasteiger partial charge in [-0.3, -0.25) is 4.79 Å². The van der Waals surface area contributed by atoms with Crippen molar-refractivity contribution in [3.63, 3.8) is 0 Å². The van der Waals surface area contributed by atoms with Crippen LogP contribution in [0.2, 0.25) is 0 Å². The molecule has 0 spiro atoms. The normalized spacial score (nSPS) is 14.8. The van der Waals surface area contributed by atoms with Crippen molar-refractivity contribution in [2.45, 2.75) is 31.2 Å². The van der Waals surface area contributed by atoms with Gasteiger partial charge in [0.1, 0.15) is 5.75 Å². The first kappa shape index (κ1) is 19.4. The maximum atomic E-state index is 13.0. The van der Waals surface area contributed by atoms with Crippen molar-refractivity contribution in [3.05, 3.63) is 53.6 Å². The molecular weight excluding hydrogens is 364 g/mol. The van der Waals surface area contributed by atoms with Crippen LogP contribution in [0.1, 0.15) is 24.0 Å². The quantitative estimate of drug-likeness (QED) is 0.763. The molecule has 1 fully saturated rings. The molecule has 1 heterocycles. The van der Waals surface area contributed by atoms with E-state index in [0.717, 1.165) is 23.4 Å². The molecule has 7 heteroatoms. The lowest BCUT2D eigenvalue weighted by molar-refractivity contribution is -0.117.